The van der Waals surface area contributed by atoms with Crippen molar-refractivity contribution in [2.45, 2.75) is 37.2 Å². The van der Waals surface area contributed by atoms with Crippen molar-refractivity contribution < 1.29 is 14.6 Å². The minimum absolute atomic E-state index is 0.513. The maximum Gasteiger partial charge on any atom is 0.122 e. The molecule has 2 aliphatic heterocycles. The van der Waals surface area contributed by atoms with Gasteiger partial charge in [0, 0.05) is 25.7 Å². The molecule has 4 nitrogen and oxygen atoms in total. The van der Waals surface area contributed by atoms with E-state index in [1.807, 2.05) is 12.1 Å². The van der Waals surface area contributed by atoms with E-state index in [9.17, 15) is 5.11 Å². The molecule has 0 bridgehead atoms. The predicted molar refractivity (Wildman–Crippen MR) is 81.8 cm³/mol. The predicted octanol–water partition coefficient (Wildman–Crippen LogP) is 2.07. The van der Waals surface area contributed by atoms with E-state index in [1.54, 1.807) is 0 Å². The minimum atomic E-state index is -0.529. The number of rotatable bonds is 5. The summed E-state index contributed by atoms with van der Waals surface area (Å²) in [5.41, 5.74) is 0.778. The quantitative estimate of drug-likeness (QED) is 0.816. The maximum atomic E-state index is 10.4. The molecule has 1 atom stereocenters. The fourth-order valence-electron chi connectivity index (χ4n) is 3.23. The Kier molecular flexibility index (Phi) is 4.78. The first kappa shape index (κ1) is 14.8. The lowest BCUT2D eigenvalue weighted by molar-refractivity contribution is -0.0673. The van der Waals surface area contributed by atoms with Gasteiger partial charge in [-0.2, -0.15) is 0 Å². The van der Waals surface area contributed by atoms with Gasteiger partial charge in [0.25, 0.3) is 0 Å². The molecule has 3 rings (SSSR count). The van der Waals surface area contributed by atoms with Gasteiger partial charge in [0.2, 0.25) is 0 Å². The highest BCUT2D eigenvalue weighted by molar-refractivity contribution is 5.37. The van der Waals surface area contributed by atoms with Crippen LogP contribution in [-0.2, 0) is 4.74 Å². The second kappa shape index (κ2) is 6.77. The molecule has 0 aliphatic carbocycles. The SMILES string of the molecule is OC1(CCNCC2CCOc3ccccc32)CCOCC1. The molecule has 0 spiro atoms. The van der Waals surface area contributed by atoms with Gasteiger partial charge < -0.3 is 19.9 Å². The van der Waals surface area contributed by atoms with Crippen LogP contribution in [0.4, 0.5) is 0 Å². The highest BCUT2D eigenvalue weighted by Crippen LogP contribution is 2.32. The fourth-order valence-corrected chi connectivity index (χ4v) is 3.23. The summed E-state index contributed by atoms with van der Waals surface area (Å²) in [6.07, 6.45) is 3.38. The lowest BCUT2D eigenvalue weighted by Crippen LogP contribution is -2.39. The van der Waals surface area contributed by atoms with Crippen LogP contribution in [0.5, 0.6) is 5.75 Å². The van der Waals surface area contributed by atoms with Crippen molar-refractivity contribution >= 4 is 0 Å². The molecule has 116 valence electrons. The Balaban J connectivity index is 1.46. The molecule has 0 saturated carbocycles. The smallest absolute Gasteiger partial charge is 0.122 e. The number of hydrogen-bond donors (Lipinski definition) is 2. The molecule has 21 heavy (non-hydrogen) atoms. The second-order valence-corrected chi connectivity index (χ2v) is 6.16. The first-order valence-electron chi connectivity index (χ1n) is 7.99. The number of aliphatic hydroxyl groups is 1. The van der Waals surface area contributed by atoms with Gasteiger partial charge in [-0.15, -0.1) is 0 Å². The van der Waals surface area contributed by atoms with Crippen molar-refractivity contribution in [1.29, 1.82) is 0 Å². The Labute approximate surface area is 126 Å². The molecule has 1 unspecified atom stereocenters. The van der Waals surface area contributed by atoms with Gasteiger partial charge >= 0.3 is 0 Å². The molecular formula is C17H25NO3. The van der Waals surface area contributed by atoms with Crippen LogP contribution in [0.15, 0.2) is 24.3 Å². The molecule has 1 saturated heterocycles. The van der Waals surface area contributed by atoms with Crippen molar-refractivity contribution in [2.75, 3.05) is 32.9 Å². The Bertz CT molecular complexity index is 457. The zero-order valence-electron chi connectivity index (χ0n) is 12.5. The van der Waals surface area contributed by atoms with E-state index in [2.05, 4.69) is 17.4 Å². The van der Waals surface area contributed by atoms with E-state index >= 15 is 0 Å². The van der Waals surface area contributed by atoms with E-state index in [4.69, 9.17) is 9.47 Å². The van der Waals surface area contributed by atoms with Gasteiger partial charge in [0.1, 0.15) is 5.75 Å². The molecule has 0 radical (unpaired) electrons. The summed E-state index contributed by atoms with van der Waals surface area (Å²) in [7, 11) is 0. The Morgan fingerprint density at radius 2 is 2.00 bits per heavy atom. The van der Waals surface area contributed by atoms with Crippen LogP contribution in [-0.4, -0.2) is 43.6 Å². The number of para-hydroxylation sites is 1. The van der Waals surface area contributed by atoms with Crippen LogP contribution in [0.1, 0.15) is 37.2 Å². The topological polar surface area (TPSA) is 50.7 Å². The van der Waals surface area contributed by atoms with Gasteiger partial charge in [0.15, 0.2) is 0 Å². The molecule has 4 heteroatoms. The minimum Gasteiger partial charge on any atom is -0.493 e. The number of nitrogens with one attached hydrogen (secondary N) is 1. The van der Waals surface area contributed by atoms with Gasteiger partial charge in [-0.3, -0.25) is 0 Å². The first-order valence-corrected chi connectivity index (χ1v) is 7.99. The summed E-state index contributed by atoms with van der Waals surface area (Å²) in [5, 5.41) is 13.9. The van der Waals surface area contributed by atoms with Crippen LogP contribution in [0.3, 0.4) is 0 Å². The average Bonchev–Trinajstić information content (AvgIpc) is 2.52. The van der Waals surface area contributed by atoms with Gasteiger partial charge in [-0.05, 0) is 43.9 Å². The lowest BCUT2D eigenvalue weighted by atomic mass is 9.90. The van der Waals surface area contributed by atoms with Crippen molar-refractivity contribution in [2.24, 2.45) is 0 Å². The fraction of sp³-hybridized carbons (Fsp3) is 0.647. The second-order valence-electron chi connectivity index (χ2n) is 6.16. The summed E-state index contributed by atoms with van der Waals surface area (Å²) in [4.78, 5) is 0. The van der Waals surface area contributed by atoms with Crippen molar-refractivity contribution in [1.82, 2.24) is 5.32 Å². The summed E-state index contributed by atoms with van der Waals surface area (Å²) in [6.45, 7) is 3.97. The molecular weight excluding hydrogens is 266 g/mol. The van der Waals surface area contributed by atoms with Crippen molar-refractivity contribution in [3.8, 4) is 5.75 Å². The summed E-state index contributed by atoms with van der Waals surface area (Å²) < 4.78 is 11.0. The van der Waals surface area contributed by atoms with Crippen LogP contribution in [0, 0.1) is 0 Å². The first-order chi connectivity index (χ1) is 10.3. The molecule has 0 aromatic heterocycles. The van der Waals surface area contributed by atoms with Crippen molar-refractivity contribution in [3.05, 3.63) is 29.8 Å². The molecule has 2 heterocycles. The highest BCUT2D eigenvalue weighted by Gasteiger charge is 2.29. The molecule has 2 N–H and O–H groups in total. The summed E-state index contributed by atoms with van der Waals surface area (Å²) in [5.74, 6) is 1.54. The molecule has 2 aliphatic rings. The third kappa shape index (κ3) is 3.76. The number of fused-ring (bicyclic) bond motifs is 1. The number of benzene rings is 1. The summed E-state index contributed by atoms with van der Waals surface area (Å²) in [6, 6.07) is 8.31. The third-order valence-corrected chi connectivity index (χ3v) is 4.66. The normalized spacial score (nSPS) is 24.1. The molecule has 1 fully saturated rings. The Morgan fingerprint density at radius 1 is 1.19 bits per heavy atom. The summed E-state index contributed by atoms with van der Waals surface area (Å²) >= 11 is 0. The van der Waals surface area contributed by atoms with E-state index < -0.39 is 5.60 Å². The van der Waals surface area contributed by atoms with E-state index in [0.29, 0.717) is 19.1 Å². The lowest BCUT2D eigenvalue weighted by Gasteiger charge is -2.32. The zero-order chi connectivity index (χ0) is 14.5. The Hall–Kier alpha value is -1.10. The van der Waals surface area contributed by atoms with Gasteiger partial charge in [0.05, 0.1) is 12.2 Å². The number of hydrogen-bond acceptors (Lipinski definition) is 4. The zero-order valence-corrected chi connectivity index (χ0v) is 12.5. The van der Waals surface area contributed by atoms with Gasteiger partial charge in [-0.25, -0.2) is 0 Å². The highest BCUT2D eigenvalue weighted by atomic mass is 16.5. The van der Waals surface area contributed by atoms with Gasteiger partial charge in [-0.1, -0.05) is 18.2 Å². The van der Waals surface area contributed by atoms with Crippen LogP contribution < -0.4 is 10.1 Å². The molecule has 1 aromatic carbocycles. The van der Waals surface area contributed by atoms with Crippen molar-refractivity contribution in [3.63, 3.8) is 0 Å². The third-order valence-electron chi connectivity index (χ3n) is 4.66. The average molecular weight is 291 g/mol. The standard InChI is InChI=1S/C17H25NO3/c19-17(7-11-20-12-8-17)6-9-18-13-14-5-10-21-16-4-2-1-3-15(14)16/h1-4,14,18-19H,5-13H2. The van der Waals surface area contributed by atoms with Crippen LogP contribution in [0.2, 0.25) is 0 Å². The van der Waals surface area contributed by atoms with Crippen LogP contribution >= 0.6 is 0 Å². The molecule has 0 amide bonds. The number of ether oxygens (including phenoxy) is 2. The maximum absolute atomic E-state index is 10.4. The largest absolute Gasteiger partial charge is 0.493 e. The Morgan fingerprint density at radius 3 is 2.86 bits per heavy atom. The van der Waals surface area contributed by atoms with Crippen LogP contribution in [0.25, 0.3) is 0 Å². The molecule has 1 aromatic rings. The van der Waals surface area contributed by atoms with E-state index in [1.165, 1.54) is 5.56 Å². The van der Waals surface area contributed by atoms with E-state index in [-0.39, 0.29) is 0 Å². The monoisotopic (exact) mass is 291 g/mol. The van der Waals surface area contributed by atoms with E-state index in [0.717, 1.165) is 51.1 Å².